The van der Waals surface area contributed by atoms with Gasteiger partial charge in [-0.3, -0.25) is 4.79 Å². The van der Waals surface area contributed by atoms with E-state index >= 15 is 0 Å². The van der Waals surface area contributed by atoms with Crippen LogP contribution >= 0.6 is 43.2 Å². The molecule has 1 amide bonds. The van der Waals surface area contributed by atoms with Gasteiger partial charge in [0, 0.05) is 10.9 Å². The van der Waals surface area contributed by atoms with Gasteiger partial charge in [0.05, 0.1) is 15.8 Å². The molecule has 0 radical (unpaired) electrons. The van der Waals surface area contributed by atoms with Crippen LogP contribution in [0, 0.1) is 11.2 Å². The number of hydrogen-bond donors (Lipinski definition) is 1. The molecule has 1 saturated carbocycles. The van der Waals surface area contributed by atoms with Crippen LogP contribution in [0.15, 0.2) is 29.6 Å². The van der Waals surface area contributed by atoms with Crippen molar-refractivity contribution < 1.29 is 18.7 Å². The van der Waals surface area contributed by atoms with Gasteiger partial charge in [0.25, 0.3) is 0 Å². The first kappa shape index (κ1) is 18.5. The number of thiophene rings is 1. The fourth-order valence-electron chi connectivity index (χ4n) is 2.48. The zero-order valence-electron chi connectivity index (χ0n) is 13.4. The molecule has 4 nitrogen and oxygen atoms in total. The van der Waals surface area contributed by atoms with Crippen molar-refractivity contribution in [3.63, 3.8) is 0 Å². The number of alkyl halides is 2. The maximum absolute atomic E-state index is 13.2. The molecule has 1 aliphatic carbocycles. The van der Waals surface area contributed by atoms with Gasteiger partial charge >= 0.3 is 5.97 Å². The van der Waals surface area contributed by atoms with Gasteiger partial charge in [-0.25, -0.2) is 9.18 Å². The maximum atomic E-state index is 13.2. The number of ether oxygens (including phenoxy) is 1. The molecule has 1 aliphatic rings. The third kappa shape index (κ3) is 3.27. The van der Waals surface area contributed by atoms with E-state index in [1.165, 1.54) is 30.6 Å². The number of carbonyl (C=O) groups is 2. The molecule has 0 saturated heterocycles. The Morgan fingerprint density at radius 2 is 1.88 bits per heavy atom. The van der Waals surface area contributed by atoms with Gasteiger partial charge in [-0.2, -0.15) is 0 Å². The average Bonchev–Trinajstić information content (AvgIpc) is 2.91. The Morgan fingerprint density at radius 3 is 2.40 bits per heavy atom. The summed E-state index contributed by atoms with van der Waals surface area (Å²) >= 11 is 8.16. The predicted octanol–water partition coefficient (Wildman–Crippen LogP) is 5.18. The number of methoxy groups -OCH3 is 1. The van der Waals surface area contributed by atoms with Crippen molar-refractivity contribution in [1.82, 2.24) is 0 Å². The van der Waals surface area contributed by atoms with E-state index in [1.54, 1.807) is 17.5 Å². The Kier molecular flexibility index (Phi) is 4.81. The van der Waals surface area contributed by atoms with Crippen LogP contribution in [0.4, 0.5) is 9.39 Å². The van der Waals surface area contributed by atoms with E-state index < -0.39 is 14.6 Å². The number of nitrogens with one attached hydrogen (secondary N) is 1. The van der Waals surface area contributed by atoms with Crippen molar-refractivity contribution in [3.8, 4) is 11.1 Å². The summed E-state index contributed by atoms with van der Waals surface area (Å²) in [5.41, 5.74) is 0.926. The van der Waals surface area contributed by atoms with E-state index in [0.29, 0.717) is 22.5 Å². The van der Waals surface area contributed by atoms with Crippen molar-refractivity contribution in [2.24, 2.45) is 5.41 Å². The molecular weight excluding hydrogens is 477 g/mol. The third-order valence-corrected chi connectivity index (χ3v) is 7.53. The third-order valence-electron chi connectivity index (χ3n) is 4.32. The molecule has 1 fully saturated rings. The Labute approximate surface area is 165 Å². The Balaban J connectivity index is 1.96. The van der Waals surface area contributed by atoms with Crippen LogP contribution in [0.3, 0.4) is 0 Å². The molecule has 132 valence electrons. The van der Waals surface area contributed by atoms with Crippen molar-refractivity contribution in [2.45, 2.75) is 16.6 Å². The Bertz CT molecular complexity index is 850. The number of halogens is 3. The zero-order chi connectivity index (χ0) is 18.4. The summed E-state index contributed by atoms with van der Waals surface area (Å²) in [7, 11) is 1.28. The molecule has 1 heterocycles. The number of esters is 1. The molecule has 1 aromatic heterocycles. The van der Waals surface area contributed by atoms with Gasteiger partial charge in [0.15, 0.2) is 0 Å². The largest absolute Gasteiger partial charge is 0.465 e. The lowest BCUT2D eigenvalue weighted by Crippen LogP contribution is -2.26. The number of hydrogen-bond acceptors (Lipinski definition) is 4. The second kappa shape index (κ2) is 6.48. The lowest BCUT2D eigenvalue weighted by molar-refractivity contribution is -0.120. The molecule has 1 N–H and O–H groups in total. The summed E-state index contributed by atoms with van der Waals surface area (Å²) in [6.07, 6.45) is 0.635. The minimum Gasteiger partial charge on any atom is -0.465 e. The standard InChI is InChI=1S/C17H14Br2FNO3S/c1-16(8-17(16,18)19)15(23)21-13-12(14(22)24-2)11(7-25-13)9-3-5-10(20)6-4-9/h3-7H,8H2,1-2H3,(H,21,23)/t16-/m1/s1. The van der Waals surface area contributed by atoms with Crippen LogP contribution in [0.2, 0.25) is 0 Å². The number of amides is 1. The second-order valence-electron chi connectivity index (χ2n) is 6.02. The lowest BCUT2D eigenvalue weighted by atomic mass is 10.0. The van der Waals surface area contributed by atoms with Crippen LogP contribution in [0.25, 0.3) is 11.1 Å². The molecule has 0 spiro atoms. The number of rotatable bonds is 4. The second-order valence-corrected chi connectivity index (χ2v) is 10.7. The molecule has 25 heavy (non-hydrogen) atoms. The minimum absolute atomic E-state index is 0.195. The van der Waals surface area contributed by atoms with Crippen molar-refractivity contribution >= 4 is 60.1 Å². The van der Waals surface area contributed by atoms with Crippen molar-refractivity contribution in [2.75, 3.05) is 12.4 Å². The highest BCUT2D eigenvalue weighted by Crippen LogP contribution is 2.66. The van der Waals surface area contributed by atoms with Gasteiger partial charge in [0.2, 0.25) is 5.91 Å². The molecule has 0 unspecified atom stereocenters. The van der Waals surface area contributed by atoms with E-state index in [2.05, 4.69) is 37.2 Å². The van der Waals surface area contributed by atoms with Gasteiger partial charge < -0.3 is 10.1 Å². The smallest absolute Gasteiger partial charge is 0.341 e. The van der Waals surface area contributed by atoms with Gasteiger partial charge in [-0.15, -0.1) is 11.3 Å². The molecular formula is C17H14Br2FNO3S. The van der Waals surface area contributed by atoms with Crippen LogP contribution in [0.5, 0.6) is 0 Å². The summed E-state index contributed by atoms with van der Waals surface area (Å²) in [5, 5.41) is 5.00. The van der Waals surface area contributed by atoms with Gasteiger partial charge in [0.1, 0.15) is 16.4 Å². The number of benzene rings is 1. The van der Waals surface area contributed by atoms with Crippen molar-refractivity contribution in [1.29, 1.82) is 0 Å². The fraction of sp³-hybridized carbons (Fsp3) is 0.294. The number of carbonyl (C=O) groups excluding carboxylic acids is 2. The molecule has 8 heteroatoms. The Hall–Kier alpha value is -1.25. The van der Waals surface area contributed by atoms with Crippen LogP contribution in [0.1, 0.15) is 23.7 Å². The highest BCUT2D eigenvalue weighted by atomic mass is 79.9. The lowest BCUT2D eigenvalue weighted by Gasteiger charge is -2.13. The predicted molar refractivity (Wildman–Crippen MR) is 103 cm³/mol. The topological polar surface area (TPSA) is 55.4 Å². The monoisotopic (exact) mass is 489 g/mol. The first-order chi connectivity index (χ1) is 11.7. The molecule has 1 atom stereocenters. The summed E-state index contributed by atoms with van der Waals surface area (Å²) < 4.78 is 17.6. The van der Waals surface area contributed by atoms with E-state index in [0.717, 1.165) is 0 Å². The summed E-state index contributed by atoms with van der Waals surface area (Å²) in [6, 6.07) is 5.81. The first-order valence-electron chi connectivity index (χ1n) is 7.34. The minimum atomic E-state index is -0.611. The summed E-state index contributed by atoms with van der Waals surface area (Å²) in [5.74, 6) is -1.11. The normalized spacial score (nSPS) is 20.8. The molecule has 2 aromatic rings. The molecule has 0 bridgehead atoms. The quantitative estimate of drug-likeness (QED) is 0.474. The highest BCUT2D eigenvalue weighted by Gasteiger charge is 2.66. The first-order valence-corrected chi connectivity index (χ1v) is 9.81. The van der Waals surface area contributed by atoms with Gasteiger partial charge in [-0.05, 0) is 31.0 Å². The average molecular weight is 491 g/mol. The van der Waals surface area contributed by atoms with Crippen LogP contribution < -0.4 is 5.32 Å². The summed E-state index contributed by atoms with van der Waals surface area (Å²) in [6.45, 7) is 1.83. The van der Waals surface area contributed by atoms with Crippen LogP contribution in [-0.4, -0.2) is 22.2 Å². The highest BCUT2D eigenvalue weighted by molar-refractivity contribution is 9.25. The van der Waals surface area contributed by atoms with E-state index in [-0.39, 0.29) is 17.3 Å². The summed E-state index contributed by atoms with van der Waals surface area (Å²) in [4.78, 5) is 24.9. The van der Waals surface area contributed by atoms with Crippen LogP contribution in [-0.2, 0) is 9.53 Å². The fourth-order valence-corrected chi connectivity index (χ4v) is 4.92. The molecule has 1 aromatic carbocycles. The van der Waals surface area contributed by atoms with Gasteiger partial charge in [-0.1, -0.05) is 44.0 Å². The Morgan fingerprint density at radius 1 is 1.28 bits per heavy atom. The van der Waals surface area contributed by atoms with E-state index in [4.69, 9.17) is 4.74 Å². The SMILES string of the molecule is COC(=O)c1c(-c2ccc(F)cc2)csc1NC(=O)[C@@]1(C)CC1(Br)Br. The number of anilines is 1. The zero-order valence-corrected chi connectivity index (χ0v) is 17.3. The van der Waals surface area contributed by atoms with Crippen molar-refractivity contribution in [3.05, 3.63) is 41.0 Å². The maximum Gasteiger partial charge on any atom is 0.341 e. The molecule has 0 aliphatic heterocycles. The van der Waals surface area contributed by atoms with E-state index in [9.17, 15) is 14.0 Å². The van der Waals surface area contributed by atoms with E-state index in [1.807, 2.05) is 6.92 Å². The molecule has 3 rings (SSSR count).